The van der Waals surface area contributed by atoms with Crippen molar-refractivity contribution in [3.8, 4) is 0 Å². The van der Waals surface area contributed by atoms with Gasteiger partial charge in [-0.25, -0.2) is 0 Å². The van der Waals surface area contributed by atoms with E-state index >= 15 is 0 Å². The molecule has 0 aliphatic heterocycles. The number of rotatable bonds is 1. The second-order valence-corrected chi connectivity index (χ2v) is 14.8. The standard InChI is InChI=1S/C8H18Cl2P2/c1-11(2,3)7(9)8(10)12(4,5)6/h1-6H3. The second-order valence-electron chi connectivity index (χ2n) is 4.61. The van der Waals surface area contributed by atoms with E-state index in [0.29, 0.717) is 0 Å². The summed E-state index contributed by atoms with van der Waals surface area (Å²) in [7, 11) is 0. The largest absolute Gasteiger partial charge is 0.0929 e. The third kappa shape index (κ3) is 3.93. The normalized spacial score (nSPS) is 13.0. The van der Waals surface area contributed by atoms with E-state index < -0.39 is 13.8 Å². The smallest absolute Gasteiger partial charge is 0.0549 e. The molecule has 0 amide bonds. The minimum Gasteiger partial charge on any atom is -0.0929 e. The molecule has 0 bridgehead atoms. The first-order valence-electron chi connectivity index (χ1n) is 3.76. The number of hydrogen-bond donors (Lipinski definition) is 0. The molecule has 0 N–H and O–H groups in total. The summed E-state index contributed by atoms with van der Waals surface area (Å²) in [6.07, 6.45) is 0. The molecule has 0 aromatic carbocycles. The first-order valence-corrected chi connectivity index (χ1v) is 10.8. The van der Waals surface area contributed by atoms with Gasteiger partial charge in [0.15, 0.2) is 0 Å². The highest BCUT2D eigenvalue weighted by atomic mass is 35.5. The fourth-order valence-electron chi connectivity index (χ4n) is 0.554. The van der Waals surface area contributed by atoms with E-state index in [1.165, 1.54) is 0 Å². The molecule has 0 aromatic heterocycles. The Morgan fingerprint density at radius 1 is 0.667 bits per heavy atom. The van der Waals surface area contributed by atoms with E-state index in [2.05, 4.69) is 40.0 Å². The Bertz CT molecular complexity index is 231. The highest BCUT2D eigenvalue weighted by Crippen LogP contribution is 2.44. The average molecular weight is 247 g/mol. The molecule has 0 spiro atoms. The maximum atomic E-state index is 6.22. The van der Waals surface area contributed by atoms with Gasteiger partial charge in [-0.05, 0) is 40.0 Å². The fourth-order valence-corrected chi connectivity index (χ4v) is 4.98. The van der Waals surface area contributed by atoms with Crippen LogP contribution in [-0.4, -0.2) is 49.5 Å². The molecule has 0 aliphatic carbocycles. The van der Waals surface area contributed by atoms with Crippen LogP contribution in [0.25, 0.3) is 0 Å². The number of halogens is 2. The van der Waals surface area contributed by atoms with Crippen LogP contribution in [0, 0.1) is 0 Å². The lowest BCUT2D eigenvalue weighted by Gasteiger charge is -2.17. The van der Waals surface area contributed by atoms with Crippen LogP contribution >= 0.6 is 37.0 Å². The lowest BCUT2D eigenvalue weighted by molar-refractivity contribution is 2.09. The summed E-state index contributed by atoms with van der Waals surface area (Å²) in [5.41, 5.74) is 0. The van der Waals surface area contributed by atoms with Crippen LogP contribution in [0.15, 0.2) is 0 Å². The van der Waals surface area contributed by atoms with Crippen molar-refractivity contribution in [1.82, 2.24) is 0 Å². The van der Waals surface area contributed by atoms with Crippen LogP contribution in [0.1, 0.15) is 0 Å². The van der Waals surface area contributed by atoms with E-state index in [0.717, 1.165) is 9.51 Å². The van der Waals surface area contributed by atoms with Crippen LogP contribution in [0.2, 0.25) is 0 Å². The molecule has 0 radical (unpaired) electrons. The minimum atomic E-state index is -1.12. The van der Waals surface area contributed by atoms with Gasteiger partial charge in [0.25, 0.3) is 0 Å². The van der Waals surface area contributed by atoms with Gasteiger partial charge in [-0.1, -0.05) is 37.0 Å². The molecule has 12 heavy (non-hydrogen) atoms. The summed E-state index contributed by atoms with van der Waals surface area (Å²) < 4.78 is 1.84. The molecule has 0 heterocycles. The van der Waals surface area contributed by atoms with Crippen LogP contribution in [0.5, 0.6) is 0 Å². The van der Waals surface area contributed by atoms with E-state index in [9.17, 15) is 0 Å². The van der Waals surface area contributed by atoms with Gasteiger partial charge < -0.3 is 0 Å². The molecule has 0 fully saturated rings. The first-order chi connectivity index (χ1) is 5.07. The third-order valence-electron chi connectivity index (χ3n) is 1.35. The summed E-state index contributed by atoms with van der Waals surface area (Å²) in [5.74, 6) is 0. The molecule has 0 aromatic rings. The Hall–Kier alpha value is 1.18. The van der Waals surface area contributed by atoms with E-state index in [-0.39, 0.29) is 0 Å². The Morgan fingerprint density at radius 2 is 0.833 bits per heavy atom. The van der Waals surface area contributed by atoms with E-state index in [1.807, 2.05) is 0 Å². The maximum Gasteiger partial charge on any atom is 0.0549 e. The SMILES string of the molecule is CP(C)(C)=C(Cl)C(Cl)=P(C)(C)C. The van der Waals surface area contributed by atoms with Gasteiger partial charge in [0.05, 0.1) is 9.51 Å². The molecule has 74 valence electrons. The van der Waals surface area contributed by atoms with Gasteiger partial charge in [0.2, 0.25) is 0 Å². The van der Waals surface area contributed by atoms with Crippen molar-refractivity contribution in [2.45, 2.75) is 0 Å². The predicted octanol–water partition coefficient (Wildman–Crippen LogP) is 3.54. The van der Waals surface area contributed by atoms with E-state index in [4.69, 9.17) is 23.2 Å². The molecule has 4 heteroatoms. The highest BCUT2D eigenvalue weighted by molar-refractivity contribution is 7.88. The van der Waals surface area contributed by atoms with Crippen molar-refractivity contribution in [2.24, 2.45) is 0 Å². The topological polar surface area (TPSA) is 0 Å². The van der Waals surface area contributed by atoms with Crippen molar-refractivity contribution in [3.05, 3.63) is 0 Å². The predicted molar refractivity (Wildman–Crippen MR) is 71.1 cm³/mol. The molecular formula is C8H18Cl2P2. The zero-order valence-corrected chi connectivity index (χ0v) is 12.0. The minimum absolute atomic E-state index is 0.921. The second kappa shape index (κ2) is 4.14. The maximum absolute atomic E-state index is 6.22. The van der Waals surface area contributed by atoms with Crippen molar-refractivity contribution >= 4 is 46.5 Å². The van der Waals surface area contributed by atoms with Gasteiger partial charge in [0, 0.05) is 0 Å². The number of hydrogen-bond acceptors (Lipinski definition) is 0. The van der Waals surface area contributed by atoms with Crippen molar-refractivity contribution < 1.29 is 0 Å². The monoisotopic (exact) mass is 246 g/mol. The zero-order valence-electron chi connectivity index (χ0n) is 8.65. The quantitative estimate of drug-likeness (QED) is 0.621. The fraction of sp³-hybridized carbons (Fsp3) is 0.750. The molecule has 0 nitrogen and oxygen atoms in total. The van der Waals surface area contributed by atoms with Crippen LogP contribution in [0.4, 0.5) is 0 Å². The molecule has 0 rings (SSSR count). The van der Waals surface area contributed by atoms with Crippen LogP contribution < -0.4 is 0 Å². The Morgan fingerprint density at radius 3 is 0.917 bits per heavy atom. The summed E-state index contributed by atoms with van der Waals surface area (Å²) in [6, 6.07) is 0. The Kier molecular flexibility index (Phi) is 4.55. The van der Waals surface area contributed by atoms with Crippen LogP contribution in [-0.2, 0) is 0 Å². The third-order valence-corrected chi connectivity index (χ3v) is 8.11. The molecule has 0 saturated heterocycles. The lowest BCUT2D eigenvalue weighted by atomic mass is 10.9. The van der Waals surface area contributed by atoms with Gasteiger partial charge >= 0.3 is 0 Å². The summed E-state index contributed by atoms with van der Waals surface area (Å²) in [6.45, 7) is 10.9. The Balaban J connectivity index is 5.45. The van der Waals surface area contributed by atoms with Crippen molar-refractivity contribution in [3.63, 3.8) is 0 Å². The van der Waals surface area contributed by atoms with Crippen molar-refractivity contribution in [1.29, 1.82) is 0 Å². The summed E-state index contributed by atoms with van der Waals surface area (Å²) >= 11 is 12.4. The lowest BCUT2D eigenvalue weighted by Crippen LogP contribution is -2.04. The van der Waals surface area contributed by atoms with Crippen LogP contribution in [0.3, 0.4) is 0 Å². The highest BCUT2D eigenvalue weighted by Gasteiger charge is 2.12. The van der Waals surface area contributed by atoms with Gasteiger partial charge in [-0.15, -0.1) is 0 Å². The zero-order chi connectivity index (χ0) is 10.2. The van der Waals surface area contributed by atoms with E-state index in [1.54, 1.807) is 0 Å². The van der Waals surface area contributed by atoms with Crippen molar-refractivity contribution in [2.75, 3.05) is 40.0 Å². The molecule has 0 atom stereocenters. The first kappa shape index (κ1) is 13.2. The molecule has 0 aliphatic rings. The molecular weight excluding hydrogens is 229 g/mol. The summed E-state index contributed by atoms with van der Waals surface area (Å²) in [4.78, 5) is 0. The average Bonchev–Trinajstić information content (AvgIpc) is 1.80. The van der Waals surface area contributed by atoms with Gasteiger partial charge in [-0.3, -0.25) is 0 Å². The molecule has 0 saturated carbocycles. The Labute approximate surface area is 86.6 Å². The van der Waals surface area contributed by atoms with Gasteiger partial charge in [-0.2, -0.15) is 0 Å². The summed E-state index contributed by atoms with van der Waals surface area (Å²) in [5, 5.41) is 0. The molecule has 0 unspecified atom stereocenters. The van der Waals surface area contributed by atoms with Gasteiger partial charge in [0.1, 0.15) is 0 Å².